The zero-order valence-corrected chi connectivity index (χ0v) is 17.9. The third-order valence-corrected chi connectivity index (χ3v) is 6.96. The van der Waals surface area contributed by atoms with Crippen LogP contribution in [0.5, 0.6) is 0 Å². The number of thioether (sulfide) groups is 1. The van der Waals surface area contributed by atoms with Gasteiger partial charge < -0.3 is 9.13 Å². The van der Waals surface area contributed by atoms with Crippen molar-refractivity contribution in [2.45, 2.75) is 68.8 Å². The van der Waals surface area contributed by atoms with Crippen molar-refractivity contribution in [3.05, 3.63) is 59.2 Å². The van der Waals surface area contributed by atoms with Crippen molar-refractivity contribution in [1.82, 2.24) is 19.3 Å². The van der Waals surface area contributed by atoms with Gasteiger partial charge >= 0.3 is 0 Å². The summed E-state index contributed by atoms with van der Waals surface area (Å²) in [5.41, 5.74) is 3.95. The van der Waals surface area contributed by atoms with E-state index in [0.717, 1.165) is 33.6 Å². The van der Waals surface area contributed by atoms with E-state index in [1.807, 2.05) is 38.1 Å². The van der Waals surface area contributed by atoms with Gasteiger partial charge in [-0.25, -0.2) is 0 Å². The van der Waals surface area contributed by atoms with Crippen LogP contribution >= 0.6 is 11.8 Å². The Labute approximate surface area is 175 Å². The van der Waals surface area contributed by atoms with Gasteiger partial charge in [-0.3, -0.25) is 4.79 Å². The lowest BCUT2D eigenvalue weighted by molar-refractivity contribution is 0.0993. The topological polar surface area (TPSA) is 52.7 Å². The molecule has 2 heterocycles. The Balaban J connectivity index is 1.41. The molecule has 0 saturated heterocycles. The standard InChI is InChI=1S/C23H26N4OS/c1-14-13-20(15(2)26(14)18-7-5-4-6-8-18)21(28)16(3)29-23-25-24-22(17-9-10-17)27(23)19-11-12-19/h4-8,13,16-17,19H,9-12H2,1-3H3/t16-/m1/s1. The Morgan fingerprint density at radius 2 is 1.83 bits per heavy atom. The van der Waals surface area contributed by atoms with Gasteiger partial charge in [0.2, 0.25) is 0 Å². The number of aromatic nitrogens is 4. The highest BCUT2D eigenvalue weighted by atomic mass is 32.2. The maximum atomic E-state index is 13.3. The molecule has 5 rings (SSSR count). The molecule has 2 aromatic heterocycles. The summed E-state index contributed by atoms with van der Waals surface area (Å²) in [5, 5.41) is 9.65. The van der Waals surface area contributed by atoms with Crippen LogP contribution in [0.25, 0.3) is 5.69 Å². The molecular formula is C23H26N4OS. The van der Waals surface area contributed by atoms with E-state index in [9.17, 15) is 4.79 Å². The largest absolute Gasteiger partial charge is 0.318 e. The van der Waals surface area contributed by atoms with E-state index in [1.165, 1.54) is 25.7 Å². The first-order valence-corrected chi connectivity index (χ1v) is 11.3. The SMILES string of the molecule is Cc1cc(C(=O)[C@@H](C)Sc2nnc(C3CC3)n2C2CC2)c(C)n1-c1ccccc1. The van der Waals surface area contributed by atoms with E-state index in [-0.39, 0.29) is 11.0 Å². The average Bonchev–Trinajstić information content (AvgIpc) is 3.65. The minimum Gasteiger partial charge on any atom is -0.318 e. The zero-order chi connectivity index (χ0) is 20.1. The summed E-state index contributed by atoms with van der Waals surface area (Å²) in [6.07, 6.45) is 4.84. The van der Waals surface area contributed by atoms with Gasteiger partial charge in [0, 0.05) is 34.6 Å². The summed E-state index contributed by atoms with van der Waals surface area (Å²) in [4.78, 5) is 13.3. The summed E-state index contributed by atoms with van der Waals surface area (Å²) >= 11 is 1.56. The first-order valence-electron chi connectivity index (χ1n) is 10.4. The Kier molecular flexibility index (Phi) is 4.62. The van der Waals surface area contributed by atoms with E-state index >= 15 is 0 Å². The number of carbonyl (C=O) groups excluding carboxylic acids is 1. The van der Waals surface area contributed by atoms with Gasteiger partial charge in [-0.05, 0) is 64.7 Å². The number of rotatable bonds is 7. The van der Waals surface area contributed by atoms with Crippen molar-refractivity contribution < 1.29 is 4.79 Å². The smallest absolute Gasteiger partial charge is 0.192 e. The van der Waals surface area contributed by atoms with Crippen molar-refractivity contribution in [1.29, 1.82) is 0 Å². The minimum absolute atomic E-state index is 0.156. The molecule has 2 saturated carbocycles. The second-order valence-corrected chi connectivity index (χ2v) is 9.60. The number of carbonyl (C=O) groups is 1. The molecule has 150 valence electrons. The average molecular weight is 407 g/mol. The van der Waals surface area contributed by atoms with Crippen LogP contribution in [0.3, 0.4) is 0 Å². The van der Waals surface area contributed by atoms with Gasteiger partial charge in [0.15, 0.2) is 10.9 Å². The number of aryl methyl sites for hydroxylation is 1. The Bertz CT molecular complexity index is 1060. The van der Waals surface area contributed by atoms with Gasteiger partial charge in [0.25, 0.3) is 0 Å². The van der Waals surface area contributed by atoms with Gasteiger partial charge in [-0.1, -0.05) is 30.0 Å². The number of para-hydroxylation sites is 1. The molecule has 1 atom stereocenters. The van der Waals surface area contributed by atoms with Gasteiger partial charge in [-0.2, -0.15) is 0 Å². The molecule has 5 nitrogen and oxygen atoms in total. The maximum Gasteiger partial charge on any atom is 0.192 e. The Morgan fingerprint density at radius 3 is 2.48 bits per heavy atom. The van der Waals surface area contributed by atoms with Gasteiger partial charge in [0.1, 0.15) is 5.82 Å². The highest BCUT2D eigenvalue weighted by Crippen LogP contribution is 2.46. The van der Waals surface area contributed by atoms with E-state index < -0.39 is 0 Å². The molecule has 2 fully saturated rings. The predicted molar refractivity (Wildman–Crippen MR) is 115 cm³/mol. The summed E-state index contributed by atoms with van der Waals surface area (Å²) in [7, 11) is 0. The molecule has 1 aromatic carbocycles. The van der Waals surface area contributed by atoms with Gasteiger partial charge in [0.05, 0.1) is 5.25 Å². The van der Waals surface area contributed by atoms with Gasteiger partial charge in [-0.15, -0.1) is 10.2 Å². The predicted octanol–water partition coefficient (Wildman–Crippen LogP) is 5.26. The molecule has 0 N–H and O–H groups in total. The monoisotopic (exact) mass is 406 g/mol. The van der Waals surface area contributed by atoms with Crippen LogP contribution in [0.1, 0.15) is 72.1 Å². The Morgan fingerprint density at radius 1 is 1.10 bits per heavy atom. The van der Waals surface area contributed by atoms with Crippen molar-refractivity contribution in [3.63, 3.8) is 0 Å². The minimum atomic E-state index is -0.200. The van der Waals surface area contributed by atoms with Crippen LogP contribution in [0, 0.1) is 13.8 Å². The molecule has 0 radical (unpaired) electrons. The van der Waals surface area contributed by atoms with Crippen molar-refractivity contribution in [2.75, 3.05) is 0 Å². The Hall–Kier alpha value is -2.34. The van der Waals surface area contributed by atoms with Crippen LogP contribution in [0.4, 0.5) is 0 Å². The molecule has 0 aliphatic heterocycles. The molecule has 29 heavy (non-hydrogen) atoms. The molecular weight excluding hydrogens is 380 g/mol. The van der Waals surface area contributed by atoms with Crippen molar-refractivity contribution in [2.24, 2.45) is 0 Å². The number of nitrogens with zero attached hydrogens (tertiary/aromatic N) is 4. The number of ketones is 1. The molecule has 3 aromatic rings. The third-order valence-electron chi connectivity index (χ3n) is 5.91. The fourth-order valence-electron chi connectivity index (χ4n) is 4.08. The molecule has 0 unspecified atom stereocenters. The molecule has 2 aliphatic rings. The highest BCUT2D eigenvalue weighted by molar-refractivity contribution is 8.00. The number of Topliss-reactive ketones (excluding diaryl/α,β-unsaturated/α-hetero) is 1. The summed E-state index contributed by atoms with van der Waals surface area (Å²) in [6, 6.07) is 12.8. The highest BCUT2D eigenvalue weighted by Gasteiger charge is 2.37. The number of benzene rings is 1. The fraction of sp³-hybridized carbons (Fsp3) is 0.435. The second kappa shape index (κ2) is 7.17. The summed E-state index contributed by atoms with van der Waals surface area (Å²) < 4.78 is 4.47. The first kappa shape index (κ1) is 18.7. The van der Waals surface area contributed by atoms with Crippen LogP contribution in [0.2, 0.25) is 0 Å². The third kappa shape index (κ3) is 3.44. The zero-order valence-electron chi connectivity index (χ0n) is 17.1. The summed E-state index contributed by atoms with van der Waals surface area (Å²) in [6.45, 7) is 6.08. The lowest BCUT2D eigenvalue weighted by Crippen LogP contribution is -2.16. The number of hydrogen-bond acceptors (Lipinski definition) is 4. The molecule has 0 spiro atoms. The van der Waals surface area contributed by atoms with Crippen LogP contribution in [-0.4, -0.2) is 30.4 Å². The van der Waals surface area contributed by atoms with Crippen LogP contribution in [-0.2, 0) is 0 Å². The lowest BCUT2D eigenvalue weighted by atomic mass is 10.1. The second-order valence-electron chi connectivity index (χ2n) is 8.30. The van der Waals surface area contributed by atoms with E-state index in [2.05, 4.69) is 38.4 Å². The molecule has 0 bridgehead atoms. The lowest BCUT2D eigenvalue weighted by Gasteiger charge is -2.13. The van der Waals surface area contributed by atoms with E-state index in [1.54, 1.807) is 11.8 Å². The normalized spacial score (nSPS) is 17.5. The van der Waals surface area contributed by atoms with Crippen LogP contribution < -0.4 is 0 Å². The first-order chi connectivity index (χ1) is 14.0. The van der Waals surface area contributed by atoms with Crippen LogP contribution in [0.15, 0.2) is 41.6 Å². The van der Waals surface area contributed by atoms with Crippen molar-refractivity contribution in [3.8, 4) is 5.69 Å². The molecule has 0 amide bonds. The summed E-state index contributed by atoms with van der Waals surface area (Å²) in [5.74, 6) is 1.87. The maximum absolute atomic E-state index is 13.3. The number of hydrogen-bond donors (Lipinski definition) is 0. The van der Waals surface area contributed by atoms with E-state index in [0.29, 0.717) is 12.0 Å². The van der Waals surface area contributed by atoms with Crippen molar-refractivity contribution >= 4 is 17.5 Å². The fourth-order valence-corrected chi connectivity index (χ4v) is 5.08. The van der Waals surface area contributed by atoms with E-state index in [4.69, 9.17) is 0 Å². The molecule has 6 heteroatoms. The quantitative estimate of drug-likeness (QED) is 0.397. The molecule has 2 aliphatic carbocycles.